The van der Waals surface area contributed by atoms with E-state index in [1.54, 1.807) is 22.6 Å². The van der Waals surface area contributed by atoms with E-state index in [1.165, 1.54) is 10.5 Å². The fraction of sp³-hybridized carbons (Fsp3) is 0.700. The molecule has 2 heterocycles. The first kappa shape index (κ1) is 14.2. The lowest BCUT2D eigenvalue weighted by atomic mass is 10.4. The zero-order chi connectivity index (χ0) is 13.2. The highest BCUT2D eigenvalue weighted by Crippen LogP contribution is 2.23. The minimum Gasteiger partial charge on any atom is -0.270 e. The molecule has 0 aliphatic carbocycles. The first-order valence-corrected chi connectivity index (χ1v) is 8.76. The number of nitrogens with zero attached hydrogens (tertiary/aromatic N) is 3. The number of rotatable bonds is 4. The molecule has 0 radical (unpaired) electrons. The highest BCUT2D eigenvalue weighted by Gasteiger charge is 2.29. The lowest BCUT2D eigenvalue weighted by molar-refractivity contribution is 0.424. The van der Waals surface area contributed by atoms with E-state index in [4.69, 9.17) is 11.6 Å². The Morgan fingerprint density at radius 1 is 1.61 bits per heavy atom. The molecule has 0 N–H and O–H groups in total. The minimum absolute atomic E-state index is 0.256. The SMILES string of the molecule is CC1CN(S(=O)(=O)c2cnn(CCCl)c2)CCS1. The Morgan fingerprint density at radius 2 is 2.39 bits per heavy atom. The van der Waals surface area contributed by atoms with Gasteiger partial charge < -0.3 is 0 Å². The molecule has 102 valence electrons. The molecule has 1 aromatic rings. The summed E-state index contributed by atoms with van der Waals surface area (Å²) in [6.07, 6.45) is 2.94. The number of halogens is 1. The summed E-state index contributed by atoms with van der Waals surface area (Å²) >= 11 is 7.41. The zero-order valence-electron chi connectivity index (χ0n) is 10.1. The van der Waals surface area contributed by atoms with Gasteiger partial charge in [0.25, 0.3) is 0 Å². The molecule has 5 nitrogen and oxygen atoms in total. The quantitative estimate of drug-likeness (QED) is 0.786. The van der Waals surface area contributed by atoms with Crippen molar-refractivity contribution in [1.82, 2.24) is 14.1 Å². The molecule has 1 unspecified atom stereocenters. The normalized spacial score (nSPS) is 22.2. The fourth-order valence-electron chi connectivity index (χ4n) is 1.84. The van der Waals surface area contributed by atoms with Gasteiger partial charge in [0.15, 0.2) is 0 Å². The number of aryl methyl sites for hydroxylation is 1. The predicted molar refractivity (Wildman–Crippen MR) is 73.6 cm³/mol. The smallest absolute Gasteiger partial charge is 0.246 e. The van der Waals surface area contributed by atoms with Crippen LogP contribution < -0.4 is 0 Å². The highest BCUT2D eigenvalue weighted by molar-refractivity contribution is 8.00. The third-order valence-electron chi connectivity index (χ3n) is 2.76. The Labute approximate surface area is 117 Å². The van der Waals surface area contributed by atoms with Crippen LogP contribution in [0.4, 0.5) is 0 Å². The molecular weight excluding hydrogens is 294 g/mol. The van der Waals surface area contributed by atoms with E-state index in [0.29, 0.717) is 30.8 Å². The van der Waals surface area contributed by atoms with Crippen LogP contribution in [-0.2, 0) is 16.6 Å². The van der Waals surface area contributed by atoms with Gasteiger partial charge in [-0.3, -0.25) is 4.68 Å². The van der Waals surface area contributed by atoms with Gasteiger partial charge in [0, 0.05) is 36.2 Å². The van der Waals surface area contributed by atoms with Gasteiger partial charge in [0.1, 0.15) is 4.90 Å². The zero-order valence-corrected chi connectivity index (χ0v) is 12.5. The van der Waals surface area contributed by atoms with Gasteiger partial charge in [-0.2, -0.15) is 21.2 Å². The summed E-state index contributed by atoms with van der Waals surface area (Å²) in [6.45, 7) is 3.69. The van der Waals surface area contributed by atoms with E-state index < -0.39 is 10.0 Å². The van der Waals surface area contributed by atoms with Crippen LogP contribution in [0.25, 0.3) is 0 Å². The lowest BCUT2D eigenvalue weighted by Crippen LogP contribution is -2.40. The van der Waals surface area contributed by atoms with Crippen molar-refractivity contribution in [2.24, 2.45) is 0 Å². The van der Waals surface area contributed by atoms with Crippen molar-refractivity contribution in [1.29, 1.82) is 0 Å². The van der Waals surface area contributed by atoms with E-state index in [0.717, 1.165) is 5.75 Å². The summed E-state index contributed by atoms with van der Waals surface area (Å²) in [5.41, 5.74) is 0. The van der Waals surface area contributed by atoms with Crippen molar-refractivity contribution in [3.63, 3.8) is 0 Å². The maximum Gasteiger partial charge on any atom is 0.246 e. The highest BCUT2D eigenvalue weighted by atomic mass is 35.5. The summed E-state index contributed by atoms with van der Waals surface area (Å²) in [5, 5.41) is 4.35. The van der Waals surface area contributed by atoms with Crippen LogP contribution in [0.1, 0.15) is 6.92 Å². The van der Waals surface area contributed by atoms with E-state index >= 15 is 0 Å². The number of hydrogen-bond acceptors (Lipinski definition) is 4. The first-order valence-electron chi connectivity index (χ1n) is 5.74. The Morgan fingerprint density at radius 3 is 3.06 bits per heavy atom. The molecule has 0 spiro atoms. The molecule has 1 saturated heterocycles. The first-order chi connectivity index (χ1) is 8.54. The molecule has 0 saturated carbocycles. The molecule has 0 bridgehead atoms. The molecule has 8 heteroatoms. The number of sulfonamides is 1. The molecule has 0 aromatic carbocycles. The van der Waals surface area contributed by atoms with Crippen molar-refractivity contribution in [2.75, 3.05) is 24.7 Å². The third kappa shape index (κ3) is 3.01. The topological polar surface area (TPSA) is 55.2 Å². The monoisotopic (exact) mass is 309 g/mol. The molecule has 1 aromatic heterocycles. The van der Waals surface area contributed by atoms with Crippen LogP contribution in [-0.4, -0.2) is 52.5 Å². The predicted octanol–water partition coefficient (Wildman–Crippen LogP) is 1.25. The van der Waals surface area contributed by atoms with Crippen molar-refractivity contribution >= 4 is 33.4 Å². The third-order valence-corrected chi connectivity index (χ3v) is 5.89. The van der Waals surface area contributed by atoms with Gasteiger partial charge >= 0.3 is 0 Å². The van der Waals surface area contributed by atoms with Gasteiger partial charge in [-0.1, -0.05) is 6.92 Å². The molecular formula is C10H16ClN3O2S2. The van der Waals surface area contributed by atoms with Crippen LogP contribution >= 0.6 is 23.4 Å². The van der Waals surface area contributed by atoms with Gasteiger partial charge in [-0.15, -0.1) is 11.6 Å². The molecule has 18 heavy (non-hydrogen) atoms. The van der Waals surface area contributed by atoms with Crippen LogP contribution in [0.15, 0.2) is 17.3 Å². The lowest BCUT2D eigenvalue weighted by Gasteiger charge is -2.29. The Balaban J connectivity index is 2.18. The molecule has 1 aliphatic heterocycles. The van der Waals surface area contributed by atoms with Crippen LogP contribution in [0, 0.1) is 0 Å². The summed E-state index contributed by atoms with van der Waals surface area (Å²) < 4.78 is 27.9. The van der Waals surface area contributed by atoms with Crippen molar-refractivity contribution in [3.05, 3.63) is 12.4 Å². The average Bonchev–Trinajstić information content (AvgIpc) is 2.79. The fourth-order valence-corrected chi connectivity index (χ4v) is 4.72. The van der Waals surface area contributed by atoms with E-state index in [1.807, 2.05) is 6.92 Å². The van der Waals surface area contributed by atoms with Crippen LogP contribution in [0.5, 0.6) is 0 Å². The Bertz CT molecular complexity index is 503. The van der Waals surface area contributed by atoms with Gasteiger partial charge in [-0.25, -0.2) is 8.42 Å². The number of thioether (sulfide) groups is 1. The average molecular weight is 310 g/mol. The van der Waals surface area contributed by atoms with Crippen LogP contribution in [0.3, 0.4) is 0 Å². The number of aromatic nitrogens is 2. The summed E-state index contributed by atoms with van der Waals surface area (Å²) in [7, 11) is -3.40. The van der Waals surface area contributed by atoms with Gasteiger partial charge in [-0.05, 0) is 0 Å². The number of alkyl halides is 1. The summed E-state index contributed by atoms with van der Waals surface area (Å²) in [4.78, 5) is 0.256. The molecule has 1 fully saturated rings. The standard InChI is InChI=1S/C10H16ClN3O2S2/c1-9-7-14(4-5-17-9)18(15,16)10-6-12-13(8-10)3-2-11/h6,8-9H,2-5,7H2,1H3. The van der Waals surface area contributed by atoms with E-state index in [9.17, 15) is 8.42 Å². The minimum atomic E-state index is -3.40. The molecule has 0 amide bonds. The van der Waals surface area contributed by atoms with Crippen molar-refractivity contribution < 1.29 is 8.42 Å². The summed E-state index contributed by atoms with van der Waals surface area (Å²) in [6, 6.07) is 0. The Kier molecular flexibility index (Phi) is 4.58. The second-order valence-corrected chi connectivity index (χ2v) is 8.03. The van der Waals surface area contributed by atoms with Gasteiger partial charge in [0.05, 0.1) is 12.7 Å². The second-order valence-electron chi connectivity index (χ2n) is 4.17. The van der Waals surface area contributed by atoms with Gasteiger partial charge in [0.2, 0.25) is 10.0 Å². The van der Waals surface area contributed by atoms with E-state index in [2.05, 4.69) is 5.10 Å². The summed E-state index contributed by atoms with van der Waals surface area (Å²) in [5.74, 6) is 1.26. The molecule has 2 rings (SSSR count). The van der Waals surface area contributed by atoms with Crippen LogP contribution in [0.2, 0.25) is 0 Å². The molecule has 1 atom stereocenters. The Hall–Kier alpha value is -0.240. The van der Waals surface area contributed by atoms with E-state index in [-0.39, 0.29) is 4.90 Å². The maximum atomic E-state index is 12.4. The second kappa shape index (κ2) is 5.81. The van der Waals surface area contributed by atoms with Crippen molar-refractivity contribution in [2.45, 2.75) is 23.6 Å². The maximum absolute atomic E-state index is 12.4. The number of hydrogen-bond donors (Lipinski definition) is 0. The van der Waals surface area contributed by atoms with Crippen molar-refractivity contribution in [3.8, 4) is 0 Å². The largest absolute Gasteiger partial charge is 0.270 e. The molecule has 1 aliphatic rings.